The van der Waals surface area contributed by atoms with Crippen LogP contribution in [0.15, 0.2) is 60.7 Å². The summed E-state index contributed by atoms with van der Waals surface area (Å²) in [5.41, 5.74) is 5.63. The second-order valence-corrected chi connectivity index (χ2v) is 6.11. The van der Waals surface area contributed by atoms with Crippen LogP contribution < -0.4 is 0 Å². The Kier molecular flexibility index (Phi) is 9.45. The molecule has 2 aromatic carbocycles. The Morgan fingerprint density at radius 3 is 1.81 bits per heavy atom. The number of hydrogen-bond acceptors (Lipinski definition) is 0. The molecule has 21 heavy (non-hydrogen) atoms. The molecule has 0 saturated heterocycles. The minimum atomic E-state index is 0. The smallest absolute Gasteiger partial charge is 0.109 e. The fourth-order valence-electron chi connectivity index (χ4n) is 2.21. The number of allylic oxidation sites excluding steroid dienone is 2. The Hall–Kier alpha value is -0.187. The van der Waals surface area contributed by atoms with E-state index in [4.69, 9.17) is 23.2 Å². The topological polar surface area (TPSA) is 0 Å². The molecule has 1 atom stereocenters. The van der Waals surface area contributed by atoms with E-state index in [9.17, 15) is 0 Å². The molecule has 0 radical (unpaired) electrons. The summed E-state index contributed by atoms with van der Waals surface area (Å²) in [7, 11) is 0.921. The number of alkyl halides is 2. The van der Waals surface area contributed by atoms with Gasteiger partial charge in [-0.1, -0.05) is 60.7 Å². The van der Waals surface area contributed by atoms with Crippen molar-refractivity contribution in [2.75, 3.05) is 11.5 Å². The summed E-state index contributed by atoms with van der Waals surface area (Å²) in [4.78, 5) is 0. The van der Waals surface area contributed by atoms with Gasteiger partial charge in [-0.05, 0) is 11.1 Å². The summed E-state index contributed by atoms with van der Waals surface area (Å²) < 4.78 is 0. The molecule has 106 valence electrons. The number of benzene rings is 2. The average Bonchev–Trinajstić information content (AvgIpc) is 2.99. The first-order valence-electron chi connectivity index (χ1n) is 6.39. The van der Waals surface area contributed by atoms with Crippen LogP contribution >= 0.6 is 31.4 Å². The molecule has 0 bridgehead atoms. The van der Waals surface area contributed by atoms with Crippen LogP contribution in [0.5, 0.6) is 0 Å². The number of rotatable bonds is 2. The molecule has 0 spiro atoms. The van der Waals surface area contributed by atoms with E-state index in [1.165, 1.54) is 28.4 Å². The second kappa shape index (κ2) is 10.5. The van der Waals surface area contributed by atoms with E-state index in [2.05, 4.69) is 66.5 Å². The molecule has 0 fully saturated rings. The van der Waals surface area contributed by atoms with Crippen molar-refractivity contribution in [3.63, 3.8) is 0 Å². The van der Waals surface area contributed by atoms with E-state index in [0.29, 0.717) is 0 Å². The van der Waals surface area contributed by atoms with Crippen LogP contribution in [-0.4, -0.2) is 17.3 Å². The van der Waals surface area contributed by atoms with Gasteiger partial charge in [0.1, 0.15) is 12.0 Å². The van der Waals surface area contributed by atoms with Crippen LogP contribution in [0.1, 0.15) is 11.1 Å². The first-order valence-corrected chi connectivity index (χ1v) is 8.74. The molecule has 1 aliphatic heterocycles. The molecule has 2 aromatic rings. The summed E-state index contributed by atoms with van der Waals surface area (Å²) in [6, 6.07) is 21.4. The van der Waals surface area contributed by atoms with Gasteiger partial charge in [-0.15, -0.1) is 23.2 Å². The van der Waals surface area contributed by atoms with Crippen LogP contribution in [0.2, 0.25) is 0 Å². The summed E-state index contributed by atoms with van der Waals surface area (Å²) in [6.45, 7) is 0. The fraction of sp³-hybridized carbons (Fsp3) is 0.118. The third-order valence-corrected chi connectivity index (χ3v) is 4.11. The molecule has 1 aliphatic rings. The summed E-state index contributed by atoms with van der Waals surface area (Å²) in [5.74, 6) is 2.39. The summed E-state index contributed by atoms with van der Waals surface area (Å²) >= 11 is 9.53. The molecule has 4 heteroatoms. The van der Waals surface area contributed by atoms with Crippen LogP contribution in [0.4, 0.5) is 0 Å². The summed E-state index contributed by atoms with van der Waals surface area (Å²) in [6.07, 6.45) is 1.19. The molecule has 0 nitrogen and oxygen atoms in total. The van der Waals surface area contributed by atoms with E-state index in [-0.39, 0.29) is 31.5 Å². The van der Waals surface area contributed by atoms with Crippen molar-refractivity contribution in [2.24, 2.45) is 0 Å². The van der Waals surface area contributed by atoms with Crippen LogP contribution in [0.3, 0.4) is 0 Å². The third-order valence-electron chi connectivity index (χ3n) is 3.06. The Morgan fingerprint density at radius 1 is 0.810 bits per heavy atom. The van der Waals surface area contributed by atoms with Gasteiger partial charge >= 0.3 is 0 Å². The predicted molar refractivity (Wildman–Crippen MR) is 95.5 cm³/mol. The van der Waals surface area contributed by atoms with Gasteiger partial charge in [0.2, 0.25) is 0 Å². The standard InChI is InChI=1S/C16H13P.CH2Cl2.Zr/c1-3-7-13(8-4-1)15-11-17-12-16(15)14-9-5-2-6-10-14;2-1-3;/h1-11H,12H2;1H2;/p+1. The average molecular weight is 413 g/mol. The monoisotopic (exact) mass is 411 g/mol. The van der Waals surface area contributed by atoms with E-state index < -0.39 is 0 Å². The molecular weight excluding hydrogens is 397 g/mol. The van der Waals surface area contributed by atoms with Gasteiger partial charge in [0, 0.05) is 37.3 Å². The maximum absolute atomic E-state index is 4.76. The minimum absolute atomic E-state index is 0. The Balaban J connectivity index is 0.000000510. The van der Waals surface area contributed by atoms with Gasteiger partial charge in [0.15, 0.2) is 0 Å². The van der Waals surface area contributed by atoms with Gasteiger partial charge in [0.05, 0.1) is 13.5 Å². The Morgan fingerprint density at radius 2 is 1.29 bits per heavy atom. The first-order chi connectivity index (χ1) is 9.86. The van der Waals surface area contributed by atoms with Crippen LogP contribution in [0, 0.1) is 0 Å². The molecule has 1 unspecified atom stereocenters. The zero-order valence-corrected chi connectivity index (χ0v) is 16.5. The molecule has 3 rings (SSSR count). The zero-order chi connectivity index (χ0) is 14.2. The molecule has 0 aromatic heterocycles. The van der Waals surface area contributed by atoms with Gasteiger partial charge in [0.25, 0.3) is 0 Å². The van der Waals surface area contributed by atoms with Crippen LogP contribution in [0.25, 0.3) is 11.1 Å². The van der Waals surface area contributed by atoms with Crippen molar-refractivity contribution in [2.45, 2.75) is 0 Å². The summed E-state index contributed by atoms with van der Waals surface area (Å²) in [5, 5.41) is 0.194. The quantitative estimate of drug-likeness (QED) is 0.450. The molecule has 0 saturated carbocycles. The van der Waals surface area contributed by atoms with Gasteiger partial charge in [-0.25, -0.2) is 0 Å². The first kappa shape index (κ1) is 18.9. The second-order valence-electron chi connectivity index (χ2n) is 4.25. The van der Waals surface area contributed by atoms with Crippen molar-refractivity contribution in [1.82, 2.24) is 0 Å². The van der Waals surface area contributed by atoms with Crippen molar-refractivity contribution >= 4 is 48.3 Å². The minimum Gasteiger partial charge on any atom is -0.109 e. The molecule has 0 aliphatic carbocycles. The maximum Gasteiger partial charge on any atom is 0.130 e. The van der Waals surface area contributed by atoms with E-state index >= 15 is 0 Å². The van der Waals surface area contributed by atoms with Crippen molar-refractivity contribution in [3.8, 4) is 0 Å². The van der Waals surface area contributed by atoms with Crippen LogP contribution in [-0.2, 0) is 26.2 Å². The van der Waals surface area contributed by atoms with E-state index in [1.807, 2.05) is 0 Å². The van der Waals surface area contributed by atoms with Crippen molar-refractivity contribution < 1.29 is 26.2 Å². The van der Waals surface area contributed by atoms with Gasteiger partial charge in [-0.2, -0.15) is 0 Å². The van der Waals surface area contributed by atoms with Crippen molar-refractivity contribution in [3.05, 3.63) is 71.8 Å². The Labute approximate surface area is 157 Å². The van der Waals surface area contributed by atoms with Gasteiger partial charge in [-0.3, -0.25) is 0 Å². The molecule has 0 N–H and O–H groups in total. The molecule has 1 heterocycles. The molecular formula is C17H16Cl2PZr+. The van der Waals surface area contributed by atoms with Crippen molar-refractivity contribution in [1.29, 1.82) is 0 Å². The van der Waals surface area contributed by atoms with E-state index in [0.717, 1.165) is 8.20 Å². The van der Waals surface area contributed by atoms with E-state index in [1.54, 1.807) is 0 Å². The predicted octanol–water partition coefficient (Wildman–Crippen LogP) is 5.51. The third kappa shape index (κ3) is 5.50. The number of halogens is 2. The van der Waals surface area contributed by atoms with Gasteiger partial charge < -0.3 is 0 Å². The zero-order valence-electron chi connectivity index (χ0n) is 11.5. The number of hydrogen-bond donors (Lipinski definition) is 0. The Bertz CT molecular complexity index is 595. The largest absolute Gasteiger partial charge is 0.130 e. The molecule has 0 amide bonds. The maximum atomic E-state index is 4.76. The SMILES string of the molecule is C1=[PH+]CC(c2ccccc2)=C1c1ccccc1.ClCCl.[Zr]. The normalized spacial score (nSPS) is 13.2. The fourth-order valence-corrected chi connectivity index (χ4v) is 3.46.